The molecule has 0 bridgehead atoms. The highest BCUT2D eigenvalue weighted by molar-refractivity contribution is 7.87. The number of rotatable bonds is 4. The lowest BCUT2D eigenvalue weighted by Gasteiger charge is -2.06. The summed E-state index contributed by atoms with van der Waals surface area (Å²) < 4.78 is 58.5. The van der Waals surface area contributed by atoms with Crippen LogP contribution in [0.4, 0.5) is 13.2 Å². The largest absolute Gasteiger partial charge is 0.523 e. The monoisotopic (exact) mass is 220 g/mol. The first-order chi connectivity index (χ1) is 5.70. The maximum atomic E-state index is 11.6. The van der Waals surface area contributed by atoms with E-state index in [4.69, 9.17) is 0 Å². The highest BCUT2D eigenvalue weighted by Gasteiger charge is 2.47. The molecule has 0 atom stereocenters. The van der Waals surface area contributed by atoms with Crippen LogP contribution < -0.4 is 0 Å². The molecule has 0 N–H and O–H groups in total. The van der Waals surface area contributed by atoms with Crippen LogP contribution in [0.5, 0.6) is 0 Å². The van der Waals surface area contributed by atoms with Gasteiger partial charge in [-0.2, -0.15) is 21.6 Å². The van der Waals surface area contributed by atoms with Gasteiger partial charge in [0.2, 0.25) is 0 Å². The van der Waals surface area contributed by atoms with Gasteiger partial charge < -0.3 is 0 Å². The van der Waals surface area contributed by atoms with Gasteiger partial charge in [0.05, 0.1) is 0 Å². The summed E-state index contributed by atoms with van der Waals surface area (Å²) in [5.41, 5.74) is -5.47. The molecular weight excluding hydrogens is 213 g/mol. The van der Waals surface area contributed by atoms with Crippen molar-refractivity contribution in [2.45, 2.75) is 18.9 Å². The van der Waals surface area contributed by atoms with E-state index in [9.17, 15) is 26.4 Å². The highest BCUT2D eigenvalue weighted by atomic mass is 32.2. The molecule has 0 saturated carbocycles. The fraction of sp³-hybridized carbons (Fsp3) is 0.800. The van der Waals surface area contributed by atoms with E-state index in [0.717, 1.165) is 0 Å². The van der Waals surface area contributed by atoms with Crippen molar-refractivity contribution in [2.24, 2.45) is 0 Å². The van der Waals surface area contributed by atoms with E-state index < -0.39 is 28.0 Å². The minimum absolute atomic E-state index is 0.0760. The molecule has 0 aliphatic rings. The molecule has 0 unspecified atom stereocenters. The minimum atomic E-state index is -5.62. The molecule has 0 fully saturated rings. The van der Waals surface area contributed by atoms with E-state index in [0.29, 0.717) is 0 Å². The minimum Gasteiger partial charge on any atom is -0.297 e. The lowest BCUT2D eigenvalue weighted by atomic mass is 10.3. The molecule has 0 rings (SSSR count). The summed E-state index contributed by atoms with van der Waals surface area (Å²) in [7, 11) is -5.62. The first-order valence-corrected chi connectivity index (χ1v) is 4.59. The summed E-state index contributed by atoms with van der Waals surface area (Å²) in [5.74, 6) is -0.715. The van der Waals surface area contributed by atoms with Crippen LogP contribution in [-0.2, 0) is 19.1 Å². The van der Waals surface area contributed by atoms with Crippen molar-refractivity contribution >= 4 is 15.9 Å². The Morgan fingerprint density at radius 2 is 1.85 bits per heavy atom. The second-order valence-corrected chi connectivity index (χ2v) is 3.66. The number of hydrogen-bond donors (Lipinski definition) is 0. The van der Waals surface area contributed by atoms with Gasteiger partial charge in [-0.3, -0.25) is 8.98 Å². The van der Waals surface area contributed by atoms with Crippen LogP contribution in [-0.4, -0.2) is 26.3 Å². The third kappa shape index (κ3) is 3.73. The summed E-state index contributed by atoms with van der Waals surface area (Å²) in [6.45, 7) is 0.310. The smallest absolute Gasteiger partial charge is 0.297 e. The van der Waals surface area contributed by atoms with Gasteiger partial charge in [-0.25, -0.2) is 0 Å². The summed E-state index contributed by atoms with van der Waals surface area (Å²) in [6, 6.07) is 0. The van der Waals surface area contributed by atoms with Crippen LogP contribution in [0.3, 0.4) is 0 Å². The zero-order valence-electron chi connectivity index (χ0n) is 6.59. The predicted molar refractivity (Wildman–Crippen MR) is 36.2 cm³/mol. The number of carbonyl (C=O) groups excluding carboxylic acids is 1. The lowest BCUT2D eigenvalue weighted by Crippen LogP contribution is -2.27. The van der Waals surface area contributed by atoms with E-state index in [-0.39, 0.29) is 6.42 Å². The molecule has 0 aromatic heterocycles. The van der Waals surface area contributed by atoms with Crippen LogP contribution in [0, 0.1) is 0 Å². The van der Waals surface area contributed by atoms with Gasteiger partial charge in [-0.05, 0) is 0 Å². The lowest BCUT2D eigenvalue weighted by molar-refractivity contribution is -0.121. The van der Waals surface area contributed by atoms with Gasteiger partial charge in [0.1, 0.15) is 6.61 Å². The van der Waals surface area contributed by atoms with Gasteiger partial charge in [-0.15, -0.1) is 0 Å². The fourth-order valence-electron chi connectivity index (χ4n) is 0.312. The van der Waals surface area contributed by atoms with Crippen molar-refractivity contribution in [1.29, 1.82) is 0 Å². The summed E-state index contributed by atoms with van der Waals surface area (Å²) in [5, 5.41) is 0. The molecule has 0 spiro atoms. The molecule has 0 saturated heterocycles. The standard InChI is InChI=1S/C5H7F3O4S/c1-2-4(9)3-12-13(10,11)5(6,7)8/h2-3H2,1H3. The van der Waals surface area contributed by atoms with Crippen LogP contribution in [0.15, 0.2) is 0 Å². The SMILES string of the molecule is CCC(=O)COS(=O)(=O)C(F)(F)F. The van der Waals surface area contributed by atoms with Crippen LogP contribution in [0.2, 0.25) is 0 Å². The van der Waals surface area contributed by atoms with E-state index in [1.165, 1.54) is 6.92 Å². The highest BCUT2D eigenvalue weighted by Crippen LogP contribution is 2.24. The van der Waals surface area contributed by atoms with Crippen LogP contribution in [0.25, 0.3) is 0 Å². The van der Waals surface area contributed by atoms with Crippen molar-refractivity contribution in [3.63, 3.8) is 0 Å². The Balaban J connectivity index is 4.30. The van der Waals surface area contributed by atoms with E-state index >= 15 is 0 Å². The maximum Gasteiger partial charge on any atom is 0.523 e. The number of carbonyl (C=O) groups is 1. The first kappa shape index (κ1) is 12.4. The maximum absolute atomic E-state index is 11.6. The molecule has 0 amide bonds. The second kappa shape index (κ2) is 4.05. The Bertz CT molecular complexity index is 279. The van der Waals surface area contributed by atoms with Crippen LogP contribution in [0.1, 0.15) is 13.3 Å². The average molecular weight is 220 g/mol. The van der Waals surface area contributed by atoms with E-state index in [2.05, 4.69) is 4.18 Å². The quantitative estimate of drug-likeness (QED) is 0.520. The van der Waals surface area contributed by atoms with Crippen molar-refractivity contribution < 1.29 is 30.6 Å². The van der Waals surface area contributed by atoms with Crippen molar-refractivity contribution in [3.05, 3.63) is 0 Å². The molecule has 0 aromatic rings. The second-order valence-electron chi connectivity index (χ2n) is 2.05. The zero-order chi connectivity index (χ0) is 10.7. The molecule has 8 heteroatoms. The molecule has 0 radical (unpaired) electrons. The number of ketones is 1. The average Bonchev–Trinajstić information content (AvgIpc) is 1.98. The normalized spacial score (nSPS) is 12.9. The van der Waals surface area contributed by atoms with Crippen molar-refractivity contribution in [2.75, 3.05) is 6.61 Å². The van der Waals surface area contributed by atoms with Gasteiger partial charge in [0.25, 0.3) is 0 Å². The number of hydrogen-bond acceptors (Lipinski definition) is 4. The van der Waals surface area contributed by atoms with Gasteiger partial charge in [0, 0.05) is 6.42 Å². The summed E-state index contributed by atoms with van der Waals surface area (Å²) >= 11 is 0. The zero-order valence-corrected chi connectivity index (χ0v) is 7.41. The van der Waals surface area contributed by atoms with Crippen LogP contribution >= 0.6 is 0 Å². The molecule has 78 valence electrons. The molecule has 13 heavy (non-hydrogen) atoms. The Morgan fingerprint density at radius 1 is 1.38 bits per heavy atom. The molecule has 0 aliphatic carbocycles. The van der Waals surface area contributed by atoms with Gasteiger partial charge in [-0.1, -0.05) is 6.92 Å². The molecule has 4 nitrogen and oxygen atoms in total. The number of halogens is 3. The third-order valence-electron chi connectivity index (χ3n) is 1.05. The molecule has 0 aliphatic heterocycles. The molecule has 0 heterocycles. The predicted octanol–water partition coefficient (Wildman–Crippen LogP) is 0.832. The number of Topliss-reactive ketones (excluding diaryl/α,β-unsaturated/α-hetero) is 1. The topological polar surface area (TPSA) is 60.4 Å². The van der Waals surface area contributed by atoms with Crippen molar-refractivity contribution in [1.82, 2.24) is 0 Å². The summed E-state index contributed by atoms with van der Waals surface area (Å²) in [6.07, 6.45) is -0.0760. The Kier molecular flexibility index (Phi) is 3.86. The third-order valence-corrected chi connectivity index (χ3v) is 2.05. The molecule has 0 aromatic carbocycles. The fourth-order valence-corrected chi connectivity index (χ4v) is 0.732. The Hall–Kier alpha value is -0.630. The van der Waals surface area contributed by atoms with Gasteiger partial charge >= 0.3 is 15.6 Å². The number of alkyl halides is 3. The molecular formula is C5H7F3O4S. The van der Waals surface area contributed by atoms with E-state index in [1.807, 2.05) is 0 Å². The van der Waals surface area contributed by atoms with E-state index in [1.54, 1.807) is 0 Å². The Labute approximate surface area is 72.8 Å². The van der Waals surface area contributed by atoms with Gasteiger partial charge in [0.15, 0.2) is 5.78 Å². The first-order valence-electron chi connectivity index (χ1n) is 3.18. The Morgan fingerprint density at radius 3 is 2.15 bits per heavy atom. The summed E-state index contributed by atoms with van der Waals surface area (Å²) in [4.78, 5) is 10.4. The van der Waals surface area contributed by atoms with Crippen molar-refractivity contribution in [3.8, 4) is 0 Å².